The quantitative estimate of drug-likeness (QED) is 0.695. The molecule has 0 aliphatic heterocycles. The molecule has 10 heteroatoms. The summed E-state index contributed by atoms with van der Waals surface area (Å²) in [5.41, 5.74) is 4.69. The SMILES string of the molecule is CCOC(=O)c1c(C)oc(NS(=O)(=O)c2ccc(OC)cc2)c1C(N)=O. The molecule has 0 atom stereocenters. The van der Waals surface area contributed by atoms with Crippen LogP contribution in [-0.4, -0.2) is 34.0 Å². The Balaban J connectivity index is 2.46. The number of sulfonamides is 1. The summed E-state index contributed by atoms with van der Waals surface area (Å²) in [7, 11) is -2.65. The van der Waals surface area contributed by atoms with Crippen LogP contribution in [0.2, 0.25) is 0 Å². The molecule has 0 aliphatic carbocycles. The van der Waals surface area contributed by atoms with Crippen LogP contribution in [0.5, 0.6) is 5.75 Å². The number of methoxy groups -OCH3 is 1. The number of amides is 1. The smallest absolute Gasteiger partial charge is 0.342 e. The van der Waals surface area contributed by atoms with Crippen LogP contribution in [0.3, 0.4) is 0 Å². The van der Waals surface area contributed by atoms with Crippen molar-refractivity contribution in [3.63, 3.8) is 0 Å². The van der Waals surface area contributed by atoms with Crippen molar-refractivity contribution in [3.05, 3.63) is 41.2 Å². The molecule has 1 aromatic heterocycles. The fourth-order valence-electron chi connectivity index (χ4n) is 2.24. The number of esters is 1. The lowest BCUT2D eigenvalue weighted by Gasteiger charge is -2.08. The number of anilines is 1. The molecule has 1 heterocycles. The summed E-state index contributed by atoms with van der Waals surface area (Å²) in [5.74, 6) is -1.84. The molecule has 0 radical (unpaired) electrons. The summed E-state index contributed by atoms with van der Waals surface area (Å²) in [6.45, 7) is 3.04. The minimum Gasteiger partial charge on any atom is -0.497 e. The number of hydrogen-bond donors (Lipinski definition) is 2. The standard InChI is InChI=1S/C16H18N2O7S/c1-4-24-16(20)12-9(2)25-15(13(12)14(17)19)18-26(21,22)11-7-5-10(23-3)6-8-11/h5-8,18H,4H2,1-3H3,(H2,17,19). The minimum absolute atomic E-state index is 0.00433. The Morgan fingerprint density at radius 2 is 1.81 bits per heavy atom. The predicted octanol–water partition coefficient (Wildman–Crippen LogP) is 1.67. The third-order valence-corrected chi connectivity index (χ3v) is 4.75. The fraction of sp³-hybridized carbons (Fsp3) is 0.250. The molecule has 9 nitrogen and oxygen atoms in total. The Kier molecular flexibility index (Phi) is 5.56. The first kappa shape index (κ1) is 19.3. The summed E-state index contributed by atoms with van der Waals surface area (Å²) in [5, 5.41) is 0. The van der Waals surface area contributed by atoms with E-state index in [0.29, 0.717) is 5.75 Å². The summed E-state index contributed by atoms with van der Waals surface area (Å²) in [6.07, 6.45) is 0. The monoisotopic (exact) mass is 382 g/mol. The summed E-state index contributed by atoms with van der Waals surface area (Å²) in [4.78, 5) is 23.7. The van der Waals surface area contributed by atoms with Gasteiger partial charge in [0.05, 0.1) is 18.6 Å². The number of carbonyl (C=O) groups excluding carboxylic acids is 2. The van der Waals surface area contributed by atoms with Crippen LogP contribution in [0.1, 0.15) is 33.4 Å². The fourth-order valence-corrected chi connectivity index (χ4v) is 3.24. The first-order chi connectivity index (χ1) is 12.2. The normalized spacial score (nSPS) is 11.0. The van der Waals surface area contributed by atoms with Gasteiger partial charge in [-0.15, -0.1) is 0 Å². The highest BCUT2D eigenvalue weighted by atomic mass is 32.2. The zero-order chi connectivity index (χ0) is 19.5. The van der Waals surface area contributed by atoms with Gasteiger partial charge in [-0.2, -0.15) is 0 Å². The average molecular weight is 382 g/mol. The summed E-state index contributed by atoms with van der Waals surface area (Å²) in [6, 6.07) is 5.54. The number of furan rings is 1. The molecule has 0 spiro atoms. The summed E-state index contributed by atoms with van der Waals surface area (Å²) >= 11 is 0. The Hall–Kier alpha value is -3.01. The Labute approximate surface area is 150 Å². The molecule has 2 rings (SSSR count). The van der Waals surface area contributed by atoms with E-state index in [1.54, 1.807) is 6.92 Å². The number of nitrogens with two attached hydrogens (primary N) is 1. The molecule has 0 aliphatic rings. The van der Waals surface area contributed by atoms with Crippen LogP contribution in [0.15, 0.2) is 33.6 Å². The lowest BCUT2D eigenvalue weighted by molar-refractivity contribution is 0.0521. The van der Waals surface area contributed by atoms with Crippen LogP contribution in [-0.2, 0) is 14.8 Å². The maximum absolute atomic E-state index is 12.5. The van der Waals surface area contributed by atoms with Gasteiger partial charge in [-0.25, -0.2) is 17.9 Å². The molecule has 26 heavy (non-hydrogen) atoms. The Bertz CT molecular complexity index is 930. The molecule has 1 amide bonds. The van der Waals surface area contributed by atoms with Crippen molar-refractivity contribution in [2.75, 3.05) is 18.4 Å². The van der Waals surface area contributed by atoms with Crippen LogP contribution >= 0.6 is 0 Å². The van der Waals surface area contributed by atoms with Crippen molar-refractivity contribution >= 4 is 27.8 Å². The molecule has 0 saturated heterocycles. The number of primary amides is 1. The number of rotatable bonds is 7. The lowest BCUT2D eigenvalue weighted by atomic mass is 10.1. The predicted molar refractivity (Wildman–Crippen MR) is 91.7 cm³/mol. The zero-order valence-electron chi connectivity index (χ0n) is 14.4. The lowest BCUT2D eigenvalue weighted by Crippen LogP contribution is -2.20. The molecule has 140 valence electrons. The van der Waals surface area contributed by atoms with Crippen LogP contribution < -0.4 is 15.2 Å². The largest absolute Gasteiger partial charge is 0.497 e. The highest BCUT2D eigenvalue weighted by molar-refractivity contribution is 7.92. The van der Waals surface area contributed by atoms with Crippen LogP contribution in [0, 0.1) is 6.92 Å². The van der Waals surface area contributed by atoms with E-state index in [2.05, 4.69) is 4.72 Å². The van der Waals surface area contributed by atoms with Crippen molar-refractivity contribution in [1.82, 2.24) is 0 Å². The highest BCUT2D eigenvalue weighted by Gasteiger charge is 2.30. The van der Waals surface area contributed by atoms with Gasteiger partial charge in [0, 0.05) is 0 Å². The van der Waals surface area contributed by atoms with E-state index in [0.717, 1.165) is 0 Å². The van der Waals surface area contributed by atoms with E-state index in [-0.39, 0.29) is 22.8 Å². The number of aryl methyl sites for hydroxylation is 1. The molecule has 3 N–H and O–H groups in total. The van der Waals surface area contributed by atoms with Crippen LogP contribution in [0.4, 0.5) is 5.88 Å². The van der Waals surface area contributed by atoms with Gasteiger partial charge in [0.2, 0.25) is 5.88 Å². The van der Waals surface area contributed by atoms with Crippen molar-refractivity contribution in [1.29, 1.82) is 0 Å². The van der Waals surface area contributed by atoms with E-state index < -0.39 is 33.3 Å². The first-order valence-electron chi connectivity index (χ1n) is 7.48. The van der Waals surface area contributed by atoms with Crippen molar-refractivity contribution < 1.29 is 31.9 Å². The van der Waals surface area contributed by atoms with Gasteiger partial charge in [-0.05, 0) is 38.1 Å². The molecule has 0 fully saturated rings. The molecule has 0 unspecified atom stereocenters. The second kappa shape index (κ2) is 7.48. The van der Waals surface area contributed by atoms with Gasteiger partial charge >= 0.3 is 5.97 Å². The van der Waals surface area contributed by atoms with Crippen LogP contribution in [0.25, 0.3) is 0 Å². The average Bonchev–Trinajstić information content (AvgIpc) is 2.90. The van der Waals surface area contributed by atoms with E-state index in [1.165, 1.54) is 38.3 Å². The van der Waals surface area contributed by atoms with Gasteiger partial charge < -0.3 is 19.6 Å². The van der Waals surface area contributed by atoms with Gasteiger partial charge in [-0.3, -0.25) is 4.79 Å². The Morgan fingerprint density at radius 3 is 2.31 bits per heavy atom. The van der Waals surface area contributed by atoms with Crippen molar-refractivity contribution in [3.8, 4) is 5.75 Å². The van der Waals surface area contributed by atoms with Gasteiger partial charge in [0.15, 0.2) is 0 Å². The molecule has 0 saturated carbocycles. The maximum Gasteiger partial charge on any atom is 0.342 e. The molecule has 2 aromatic rings. The van der Waals surface area contributed by atoms with E-state index in [4.69, 9.17) is 19.6 Å². The third-order valence-electron chi connectivity index (χ3n) is 3.41. The molecular formula is C16H18N2O7S. The van der Waals surface area contributed by atoms with Crippen molar-refractivity contribution in [2.45, 2.75) is 18.7 Å². The second-order valence-electron chi connectivity index (χ2n) is 5.10. The number of ether oxygens (including phenoxy) is 2. The van der Waals surface area contributed by atoms with E-state index in [9.17, 15) is 18.0 Å². The molecule has 1 aromatic carbocycles. The minimum atomic E-state index is -4.09. The first-order valence-corrected chi connectivity index (χ1v) is 8.96. The second-order valence-corrected chi connectivity index (χ2v) is 6.79. The maximum atomic E-state index is 12.5. The van der Waals surface area contributed by atoms with Gasteiger partial charge in [0.1, 0.15) is 22.6 Å². The number of hydrogen-bond acceptors (Lipinski definition) is 7. The van der Waals surface area contributed by atoms with E-state index >= 15 is 0 Å². The number of nitrogens with one attached hydrogen (secondary N) is 1. The van der Waals surface area contributed by atoms with Gasteiger partial charge in [0.25, 0.3) is 15.9 Å². The van der Waals surface area contributed by atoms with Gasteiger partial charge in [-0.1, -0.05) is 0 Å². The van der Waals surface area contributed by atoms with Crippen molar-refractivity contribution in [2.24, 2.45) is 5.73 Å². The topological polar surface area (TPSA) is 138 Å². The summed E-state index contributed by atoms with van der Waals surface area (Å²) < 4.78 is 42.2. The highest BCUT2D eigenvalue weighted by Crippen LogP contribution is 2.29. The third kappa shape index (κ3) is 3.80. The number of carbonyl (C=O) groups is 2. The molecular weight excluding hydrogens is 364 g/mol. The molecule has 0 bridgehead atoms. The number of benzene rings is 1. The Morgan fingerprint density at radius 1 is 1.19 bits per heavy atom. The zero-order valence-corrected chi connectivity index (χ0v) is 15.2. The van der Waals surface area contributed by atoms with E-state index in [1.807, 2.05) is 0 Å².